The molecule has 0 atom stereocenters. The maximum Gasteiger partial charge on any atom is 0.257 e. The summed E-state index contributed by atoms with van der Waals surface area (Å²) >= 11 is 1.79. The third kappa shape index (κ3) is 2.70. The summed E-state index contributed by atoms with van der Waals surface area (Å²) in [5.74, 6) is 0.707. The van der Waals surface area contributed by atoms with E-state index in [4.69, 9.17) is 0 Å². The van der Waals surface area contributed by atoms with Gasteiger partial charge in [-0.15, -0.1) is 11.8 Å². The van der Waals surface area contributed by atoms with E-state index in [1.54, 1.807) is 30.0 Å². The monoisotopic (exact) mass is 348 g/mol. The largest absolute Gasteiger partial charge is 0.342 e. The molecule has 2 aliphatic heterocycles. The SMILES string of the molecule is O=C(C1CC1)N1CCC2(CC1)SCCN2C(=O)c1ccccc1F. The highest BCUT2D eigenvalue weighted by Gasteiger charge is 2.48. The highest BCUT2D eigenvalue weighted by molar-refractivity contribution is 8.00. The number of carbonyl (C=O) groups excluding carboxylic acids is 2. The van der Waals surface area contributed by atoms with E-state index in [0.717, 1.165) is 31.4 Å². The lowest BCUT2D eigenvalue weighted by Crippen LogP contribution is -2.54. The zero-order valence-electron chi connectivity index (χ0n) is 13.5. The fourth-order valence-corrected chi connectivity index (χ4v) is 5.21. The van der Waals surface area contributed by atoms with Crippen LogP contribution in [0.1, 0.15) is 36.0 Å². The van der Waals surface area contributed by atoms with E-state index in [1.807, 2.05) is 9.80 Å². The lowest BCUT2D eigenvalue weighted by molar-refractivity contribution is -0.134. The number of amides is 2. The molecule has 3 aliphatic rings. The van der Waals surface area contributed by atoms with Gasteiger partial charge in [0.05, 0.1) is 10.4 Å². The van der Waals surface area contributed by atoms with Crippen LogP contribution in [-0.4, -0.2) is 51.9 Å². The molecule has 0 bridgehead atoms. The Balaban J connectivity index is 1.50. The summed E-state index contributed by atoms with van der Waals surface area (Å²) in [6.45, 7) is 2.04. The van der Waals surface area contributed by atoms with Crippen molar-refractivity contribution < 1.29 is 14.0 Å². The first-order valence-electron chi connectivity index (χ1n) is 8.60. The molecule has 0 unspecified atom stereocenters. The van der Waals surface area contributed by atoms with Crippen molar-refractivity contribution in [3.05, 3.63) is 35.6 Å². The number of halogens is 1. The summed E-state index contributed by atoms with van der Waals surface area (Å²) < 4.78 is 14.0. The molecule has 2 amide bonds. The molecule has 4 rings (SSSR count). The minimum atomic E-state index is -0.462. The van der Waals surface area contributed by atoms with E-state index in [0.29, 0.717) is 19.6 Å². The van der Waals surface area contributed by atoms with Crippen LogP contribution >= 0.6 is 11.8 Å². The van der Waals surface area contributed by atoms with Gasteiger partial charge in [0.25, 0.3) is 5.91 Å². The van der Waals surface area contributed by atoms with Crippen LogP contribution < -0.4 is 0 Å². The molecule has 0 aromatic heterocycles. The van der Waals surface area contributed by atoms with E-state index in [9.17, 15) is 14.0 Å². The Labute approximate surface area is 145 Å². The highest BCUT2D eigenvalue weighted by Crippen LogP contribution is 2.45. The zero-order valence-corrected chi connectivity index (χ0v) is 14.4. The van der Waals surface area contributed by atoms with E-state index in [1.165, 1.54) is 6.07 Å². The third-order valence-corrected chi connectivity index (χ3v) is 6.86. The van der Waals surface area contributed by atoms with Gasteiger partial charge in [-0.1, -0.05) is 12.1 Å². The van der Waals surface area contributed by atoms with Gasteiger partial charge >= 0.3 is 0 Å². The quantitative estimate of drug-likeness (QED) is 0.825. The first kappa shape index (κ1) is 15.9. The summed E-state index contributed by atoms with van der Waals surface area (Å²) in [4.78, 5) is 28.6. The number of benzene rings is 1. The van der Waals surface area contributed by atoms with Gasteiger partial charge in [0.1, 0.15) is 5.82 Å². The van der Waals surface area contributed by atoms with Crippen molar-refractivity contribution >= 4 is 23.6 Å². The zero-order chi connectivity index (χ0) is 16.7. The van der Waals surface area contributed by atoms with Crippen molar-refractivity contribution in [1.82, 2.24) is 9.80 Å². The second-order valence-electron chi connectivity index (χ2n) is 6.83. The molecule has 6 heteroatoms. The molecule has 2 heterocycles. The third-order valence-electron chi connectivity index (χ3n) is 5.31. The number of thioether (sulfide) groups is 1. The van der Waals surface area contributed by atoms with Crippen LogP contribution in [0.3, 0.4) is 0 Å². The van der Waals surface area contributed by atoms with Crippen molar-refractivity contribution in [2.24, 2.45) is 5.92 Å². The minimum absolute atomic E-state index is 0.149. The topological polar surface area (TPSA) is 40.6 Å². The second-order valence-corrected chi connectivity index (χ2v) is 8.29. The van der Waals surface area contributed by atoms with Crippen molar-refractivity contribution in [1.29, 1.82) is 0 Å². The summed E-state index contributed by atoms with van der Waals surface area (Å²) in [6, 6.07) is 6.19. The van der Waals surface area contributed by atoms with Gasteiger partial charge in [-0.25, -0.2) is 4.39 Å². The van der Waals surface area contributed by atoms with Crippen molar-refractivity contribution in [3.63, 3.8) is 0 Å². The molecule has 128 valence electrons. The van der Waals surface area contributed by atoms with Crippen LogP contribution in [0.2, 0.25) is 0 Å². The van der Waals surface area contributed by atoms with Gasteiger partial charge in [-0.3, -0.25) is 9.59 Å². The number of nitrogens with zero attached hydrogens (tertiary/aromatic N) is 2. The molecule has 3 fully saturated rings. The number of likely N-dealkylation sites (tertiary alicyclic amines) is 1. The Kier molecular flexibility index (Phi) is 4.03. The molecule has 2 saturated heterocycles. The molecular formula is C18H21FN2O2S. The Hall–Kier alpha value is -1.56. The van der Waals surface area contributed by atoms with Gasteiger partial charge < -0.3 is 9.80 Å². The summed E-state index contributed by atoms with van der Waals surface area (Å²) in [5, 5.41) is 0. The molecule has 24 heavy (non-hydrogen) atoms. The van der Waals surface area contributed by atoms with E-state index in [2.05, 4.69) is 0 Å². The van der Waals surface area contributed by atoms with Crippen LogP contribution in [-0.2, 0) is 4.79 Å². The molecule has 1 saturated carbocycles. The Morgan fingerprint density at radius 1 is 1.12 bits per heavy atom. The number of hydrogen-bond donors (Lipinski definition) is 0. The van der Waals surface area contributed by atoms with E-state index in [-0.39, 0.29) is 28.2 Å². The normalized spacial score (nSPS) is 22.9. The molecular weight excluding hydrogens is 327 g/mol. The van der Waals surface area contributed by atoms with Gasteiger partial charge in [-0.05, 0) is 37.8 Å². The fraction of sp³-hybridized carbons (Fsp3) is 0.556. The summed E-state index contributed by atoms with van der Waals surface area (Å²) in [7, 11) is 0. The smallest absolute Gasteiger partial charge is 0.257 e. The van der Waals surface area contributed by atoms with Crippen molar-refractivity contribution in [2.75, 3.05) is 25.4 Å². The van der Waals surface area contributed by atoms with Crippen LogP contribution in [0, 0.1) is 11.7 Å². The van der Waals surface area contributed by atoms with Crippen LogP contribution in [0.4, 0.5) is 4.39 Å². The minimum Gasteiger partial charge on any atom is -0.342 e. The fourth-order valence-electron chi connectivity index (χ4n) is 3.75. The van der Waals surface area contributed by atoms with Gasteiger partial charge in [-0.2, -0.15) is 0 Å². The molecule has 1 aromatic carbocycles. The average Bonchev–Trinajstić information content (AvgIpc) is 3.37. The maximum absolute atomic E-state index is 14.0. The lowest BCUT2D eigenvalue weighted by atomic mass is 10.0. The Morgan fingerprint density at radius 3 is 2.50 bits per heavy atom. The first-order chi connectivity index (χ1) is 11.6. The predicted molar refractivity (Wildman–Crippen MR) is 91.2 cm³/mol. The second kappa shape index (κ2) is 6.06. The molecule has 0 N–H and O–H groups in total. The van der Waals surface area contributed by atoms with Crippen LogP contribution in [0.25, 0.3) is 0 Å². The highest BCUT2D eigenvalue weighted by atomic mass is 32.2. The summed E-state index contributed by atoms with van der Waals surface area (Å²) in [6.07, 6.45) is 3.59. The molecule has 4 nitrogen and oxygen atoms in total. The first-order valence-corrected chi connectivity index (χ1v) is 9.58. The Bertz CT molecular complexity index is 669. The standard InChI is InChI=1S/C18H21FN2O2S/c19-15-4-2-1-3-14(15)17(23)21-11-12-24-18(21)7-9-20(10-8-18)16(22)13-5-6-13/h1-4,13H,5-12H2. The van der Waals surface area contributed by atoms with E-state index >= 15 is 0 Å². The maximum atomic E-state index is 14.0. The predicted octanol–water partition coefficient (Wildman–Crippen LogP) is 2.74. The van der Waals surface area contributed by atoms with Crippen molar-refractivity contribution in [2.45, 2.75) is 30.6 Å². The number of piperidine rings is 1. The van der Waals surface area contributed by atoms with Crippen LogP contribution in [0.15, 0.2) is 24.3 Å². The Morgan fingerprint density at radius 2 is 1.83 bits per heavy atom. The van der Waals surface area contributed by atoms with Gasteiger partial charge in [0.15, 0.2) is 0 Å². The lowest BCUT2D eigenvalue weighted by Gasteiger charge is -2.44. The number of rotatable bonds is 2. The van der Waals surface area contributed by atoms with Crippen LogP contribution in [0.5, 0.6) is 0 Å². The molecule has 1 spiro atoms. The van der Waals surface area contributed by atoms with Crippen molar-refractivity contribution in [3.8, 4) is 0 Å². The molecule has 0 radical (unpaired) electrons. The van der Waals surface area contributed by atoms with Gasteiger partial charge in [0.2, 0.25) is 5.91 Å². The van der Waals surface area contributed by atoms with Gasteiger partial charge in [0, 0.05) is 31.3 Å². The molecule has 1 aromatic rings. The molecule has 1 aliphatic carbocycles. The summed E-state index contributed by atoms with van der Waals surface area (Å²) in [5.41, 5.74) is 0.149. The van der Waals surface area contributed by atoms with E-state index < -0.39 is 5.82 Å². The number of hydrogen-bond acceptors (Lipinski definition) is 3. The number of carbonyl (C=O) groups is 2. The average molecular weight is 348 g/mol.